The van der Waals surface area contributed by atoms with E-state index in [-0.39, 0.29) is 18.1 Å². The minimum atomic E-state index is -4.03. The molecule has 0 spiro atoms. The number of morpholine rings is 1. The van der Waals surface area contributed by atoms with Gasteiger partial charge in [0.25, 0.3) is 10.0 Å². The molecule has 3 rings (SSSR count). The molecule has 0 bridgehead atoms. The van der Waals surface area contributed by atoms with Gasteiger partial charge in [0.1, 0.15) is 10.7 Å². The number of sulfonamides is 1. The van der Waals surface area contributed by atoms with Crippen LogP contribution in [0.3, 0.4) is 0 Å². The van der Waals surface area contributed by atoms with Crippen LogP contribution < -0.4 is 10.0 Å². The van der Waals surface area contributed by atoms with E-state index in [1.54, 1.807) is 12.1 Å². The van der Waals surface area contributed by atoms with Crippen LogP contribution >= 0.6 is 0 Å². The number of rotatable bonds is 6. The molecular formula is C18H20FN3O4S. The van der Waals surface area contributed by atoms with E-state index in [2.05, 4.69) is 10.0 Å². The maximum absolute atomic E-state index is 13.7. The number of carbonyl (C=O) groups is 1. The highest BCUT2D eigenvalue weighted by Crippen LogP contribution is 2.20. The Labute approximate surface area is 157 Å². The number of benzene rings is 2. The Kier molecular flexibility index (Phi) is 6.04. The number of hydrogen-bond acceptors (Lipinski definition) is 5. The molecule has 0 unspecified atom stereocenters. The van der Waals surface area contributed by atoms with E-state index in [1.165, 1.54) is 30.3 Å². The molecule has 1 heterocycles. The van der Waals surface area contributed by atoms with Crippen LogP contribution in [-0.2, 0) is 19.6 Å². The molecule has 0 atom stereocenters. The highest BCUT2D eigenvalue weighted by Gasteiger charge is 2.18. The molecule has 7 nitrogen and oxygen atoms in total. The van der Waals surface area contributed by atoms with E-state index >= 15 is 0 Å². The lowest BCUT2D eigenvalue weighted by Crippen LogP contribution is -2.41. The van der Waals surface area contributed by atoms with Crippen LogP contribution in [-0.4, -0.2) is 52.1 Å². The van der Waals surface area contributed by atoms with Crippen molar-refractivity contribution < 1.29 is 22.3 Å². The zero-order valence-corrected chi connectivity index (χ0v) is 15.3. The number of halogens is 1. The second kappa shape index (κ2) is 8.47. The molecule has 2 aromatic rings. The Morgan fingerprint density at radius 3 is 2.33 bits per heavy atom. The summed E-state index contributed by atoms with van der Waals surface area (Å²) in [6, 6.07) is 11.3. The molecule has 9 heteroatoms. The van der Waals surface area contributed by atoms with E-state index in [4.69, 9.17) is 4.74 Å². The fourth-order valence-electron chi connectivity index (χ4n) is 2.66. The van der Waals surface area contributed by atoms with E-state index in [1.807, 2.05) is 4.90 Å². The predicted octanol–water partition coefficient (Wildman–Crippen LogP) is 1.90. The van der Waals surface area contributed by atoms with Gasteiger partial charge in [-0.15, -0.1) is 0 Å². The number of ether oxygens (including phenoxy) is 1. The van der Waals surface area contributed by atoms with Crippen molar-refractivity contribution in [1.29, 1.82) is 0 Å². The summed E-state index contributed by atoms with van der Waals surface area (Å²) in [4.78, 5) is 13.6. The SMILES string of the molecule is O=C(CN1CCOCC1)Nc1ccc(NS(=O)(=O)c2ccccc2F)cc1. The summed E-state index contributed by atoms with van der Waals surface area (Å²) in [6.45, 7) is 2.92. The Hall–Kier alpha value is -2.49. The van der Waals surface area contributed by atoms with Crippen molar-refractivity contribution in [2.24, 2.45) is 0 Å². The number of nitrogens with zero attached hydrogens (tertiary/aromatic N) is 1. The van der Waals surface area contributed by atoms with Crippen molar-refractivity contribution in [3.8, 4) is 0 Å². The predicted molar refractivity (Wildman–Crippen MR) is 99.5 cm³/mol. The molecule has 2 aromatic carbocycles. The van der Waals surface area contributed by atoms with Crippen molar-refractivity contribution in [3.63, 3.8) is 0 Å². The molecule has 1 fully saturated rings. The Bertz CT molecular complexity index is 897. The molecule has 2 N–H and O–H groups in total. The second-order valence-corrected chi connectivity index (χ2v) is 7.70. The third kappa shape index (κ3) is 5.25. The topological polar surface area (TPSA) is 87.7 Å². The second-order valence-electron chi connectivity index (χ2n) is 6.05. The molecule has 0 aromatic heterocycles. The van der Waals surface area contributed by atoms with Crippen molar-refractivity contribution in [2.75, 3.05) is 42.9 Å². The van der Waals surface area contributed by atoms with Gasteiger partial charge >= 0.3 is 0 Å². The van der Waals surface area contributed by atoms with Gasteiger partial charge in [0.2, 0.25) is 5.91 Å². The van der Waals surface area contributed by atoms with Crippen LogP contribution in [0.25, 0.3) is 0 Å². The van der Waals surface area contributed by atoms with Gasteiger partial charge in [-0.1, -0.05) is 12.1 Å². The van der Waals surface area contributed by atoms with Gasteiger partial charge < -0.3 is 10.1 Å². The normalized spacial score (nSPS) is 15.3. The molecular weight excluding hydrogens is 373 g/mol. The van der Waals surface area contributed by atoms with Crippen molar-refractivity contribution in [2.45, 2.75) is 4.90 Å². The van der Waals surface area contributed by atoms with Crippen LogP contribution in [0.15, 0.2) is 53.4 Å². The quantitative estimate of drug-likeness (QED) is 0.783. The number of carbonyl (C=O) groups excluding carboxylic acids is 1. The summed E-state index contributed by atoms with van der Waals surface area (Å²) in [5.74, 6) is -0.978. The smallest absolute Gasteiger partial charge is 0.264 e. The van der Waals surface area contributed by atoms with Gasteiger partial charge in [-0.2, -0.15) is 0 Å². The van der Waals surface area contributed by atoms with Gasteiger partial charge in [0.15, 0.2) is 0 Å². The minimum Gasteiger partial charge on any atom is -0.379 e. The summed E-state index contributed by atoms with van der Waals surface area (Å²) in [7, 11) is -4.03. The fourth-order valence-corrected chi connectivity index (χ4v) is 3.80. The van der Waals surface area contributed by atoms with Crippen molar-refractivity contribution in [3.05, 3.63) is 54.3 Å². The molecule has 144 valence electrons. The van der Waals surface area contributed by atoms with Gasteiger partial charge in [-0.3, -0.25) is 14.4 Å². The minimum absolute atomic E-state index is 0.156. The standard InChI is InChI=1S/C18H20FN3O4S/c19-16-3-1-2-4-17(16)27(24,25)21-15-7-5-14(6-8-15)20-18(23)13-22-9-11-26-12-10-22/h1-8,21H,9-13H2,(H,20,23). The first-order valence-corrected chi connectivity index (χ1v) is 9.90. The lowest BCUT2D eigenvalue weighted by atomic mass is 10.3. The van der Waals surface area contributed by atoms with E-state index in [9.17, 15) is 17.6 Å². The molecule has 1 aliphatic rings. The van der Waals surface area contributed by atoms with Crippen molar-refractivity contribution in [1.82, 2.24) is 4.90 Å². The molecule has 1 saturated heterocycles. The molecule has 0 radical (unpaired) electrons. The summed E-state index contributed by atoms with van der Waals surface area (Å²) < 4.78 is 45.8. The van der Waals surface area contributed by atoms with E-state index < -0.39 is 20.7 Å². The van der Waals surface area contributed by atoms with Gasteiger partial charge in [0.05, 0.1) is 19.8 Å². The van der Waals surface area contributed by atoms with E-state index in [0.717, 1.165) is 6.07 Å². The molecule has 0 aliphatic carbocycles. The van der Waals surface area contributed by atoms with Crippen LogP contribution in [0.1, 0.15) is 0 Å². The largest absolute Gasteiger partial charge is 0.379 e. The zero-order chi connectivity index (χ0) is 19.3. The maximum Gasteiger partial charge on any atom is 0.264 e. The molecule has 0 saturated carbocycles. The molecule has 1 aliphatic heterocycles. The summed E-state index contributed by atoms with van der Waals surface area (Å²) in [5.41, 5.74) is 0.812. The number of hydrogen-bond donors (Lipinski definition) is 2. The number of amides is 1. The lowest BCUT2D eigenvalue weighted by molar-refractivity contribution is -0.118. The zero-order valence-electron chi connectivity index (χ0n) is 14.5. The summed E-state index contributed by atoms with van der Waals surface area (Å²) in [6.07, 6.45) is 0. The molecule has 27 heavy (non-hydrogen) atoms. The van der Waals surface area contributed by atoms with Gasteiger partial charge in [0, 0.05) is 24.5 Å². The van der Waals surface area contributed by atoms with Crippen LogP contribution in [0.2, 0.25) is 0 Å². The van der Waals surface area contributed by atoms with E-state index in [0.29, 0.717) is 32.0 Å². The number of nitrogens with one attached hydrogen (secondary N) is 2. The van der Waals surface area contributed by atoms with Gasteiger partial charge in [-0.25, -0.2) is 12.8 Å². The van der Waals surface area contributed by atoms with Crippen LogP contribution in [0, 0.1) is 5.82 Å². The summed E-state index contributed by atoms with van der Waals surface area (Å²) >= 11 is 0. The first-order chi connectivity index (χ1) is 12.9. The highest BCUT2D eigenvalue weighted by molar-refractivity contribution is 7.92. The number of anilines is 2. The maximum atomic E-state index is 13.7. The van der Waals surface area contributed by atoms with Crippen molar-refractivity contribution >= 4 is 27.3 Å². The average molecular weight is 393 g/mol. The fraction of sp³-hybridized carbons (Fsp3) is 0.278. The Morgan fingerprint density at radius 2 is 1.67 bits per heavy atom. The lowest BCUT2D eigenvalue weighted by Gasteiger charge is -2.25. The Morgan fingerprint density at radius 1 is 1.04 bits per heavy atom. The molecule has 1 amide bonds. The van der Waals surface area contributed by atoms with Gasteiger partial charge in [-0.05, 0) is 36.4 Å². The third-order valence-corrected chi connectivity index (χ3v) is 5.43. The average Bonchev–Trinajstić information content (AvgIpc) is 2.64. The third-order valence-electron chi connectivity index (χ3n) is 4.02. The van der Waals surface area contributed by atoms with Crippen LogP contribution in [0.4, 0.5) is 15.8 Å². The monoisotopic (exact) mass is 393 g/mol. The first kappa shape index (κ1) is 19.3. The Balaban J connectivity index is 1.60. The van der Waals surface area contributed by atoms with Crippen LogP contribution in [0.5, 0.6) is 0 Å². The summed E-state index contributed by atoms with van der Waals surface area (Å²) in [5, 5.41) is 2.76. The highest BCUT2D eigenvalue weighted by atomic mass is 32.2. The first-order valence-electron chi connectivity index (χ1n) is 8.41.